The fraction of sp³-hybridized carbons (Fsp3) is 0.200. The predicted octanol–water partition coefficient (Wildman–Crippen LogP) is 4.83. The lowest BCUT2D eigenvalue weighted by Crippen LogP contribution is -2.46. The van der Waals surface area contributed by atoms with E-state index in [4.69, 9.17) is 23.7 Å². The monoisotopic (exact) mass is 560 g/mol. The van der Waals surface area contributed by atoms with Crippen molar-refractivity contribution >= 4 is 29.4 Å². The van der Waals surface area contributed by atoms with Gasteiger partial charge in [-0.3, -0.25) is 10.1 Å². The molecular weight excluding hydrogens is 532 g/mol. The summed E-state index contributed by atoms with van der Waals surface area (Å²) in [5, 5.41) is 11.2. The average molecular weight is 561 g/mol. The number of carbonyl (C=O) groups is 2. The lowest BCUT2D eigenvalue weighted by atomic mass is 9.95. The third-order valence-corrected chi connectivity index (χ3v) is 6.40. The van der Waals surface area contributed by atoms with Crippen LogP contribution in [0.2, 0.25) is 0 Å². The first-order chi connectivity index (χ1) is 19.8. The number of hydrogen-bond donors (Lipinski definition) is 0. The van der Waals surface area contributed by atoms with E-state index in [-0.39, 0.29) is 17.0 Å². The number of hydrogen-bond acceptors (Lipinski definition) is 10. The molecule has 11 heteroatoms. The molecule has 1 heterocycles. The molecule has 3 aromatic carbocycles. The van der Waals surface area contributed by atoms with Crippen molar-refractivity contribution in [3.63, 3.8) is 0 Å². The number of carbonyl (C=O) groups excluding carboxylic acids is 2. The summed E-state index contributed by atoms with van der Waals surface area (Å²) in [4.78, 5) is 38.8. The maximum Gasteiger partial charge on any atom is 0.355 e. The van der Waals surface area contributed by atoms with Crippen LogP contribution in [0.15, 0.2) is 90.1 Å². The zero-order valence-electron chi connectivity index (χ0n) is 22.8. The first kappa shape index (κ1) is 28.8. The lowest BCUT2D eigenvalue weighted by Gasteiger charge is -2.41. The van der Waals surface area contributed by atoms with Gasteiger partial charge in [-0.25, -0.2) is 9.59 Å². The van der Waals surface area contributed by atoms with Gasteiger partial charge >= 0.3 is 11.9 Å². The summed E-state index contributed by atoms with van der Waals surface area (Å²) in [7, 11) is 5.49. The van der Waals surface area contributed by atoms with Gasteiger partial charge in [-0.2, -0.15) is 0 Å². The molecule has 1 aliphatic rings. The molecule has 1 aliphatic heterocycles. The van der Waals surface area contributed by atoms with Crippen LogP contribution in [0.1, 0.15) is 17.2 Å². The smallest absolute Gasteiger partial charge is 0.355 e. The molecule has 2 atom stereocenters. The van der Waals surface area contributed by atoms with Crippen LogP contribution >= 0.6 is 0 Å². The molecule has 0 aromatic heterocycles. The molecule has 0 radical (unpaired) electrons. The third kappa shape index (κ3) is 6.20. The van der Waals surface area contributed by atoms with Gasteiger partial charge in [0.1, 0.15) is 28.9 Å². The fourth-order valence-corrected chi connectivity index (χ4v) is 4.34. The highest BCUT2D eigenvalue weighted by atomic mass is 16.6. The molecule has 3 aromatic rings. The fourth-order valence-electron chi connectivity index (χ4n) is 4.34. The summed E-state index contributed by atoms with van der Waals surface area (Å²) in [6.45, 7) is 0. The number of nitrogens with zero attached hydrogens (tertiary/aromatic N) is 2. The van der Waals surface area contributed by atoms with E-state index < -0.39 is 29.2 Å². The molecule has 41 heavy (non-hydrogen) atoms. The minimum Gasteiger partial charge on any atom is -0.497 e. The van der Waals surface area contributed by atoms with Crippen LogP contribution in [0.25, 0.3) is 6.08 Å². The van der Waals surface area contributed by atoms with Crippen molar-refractivity contribution in [1.82, 2.24) is 0 Å². The van der Waals surface area contributed by atoms with Gasteiger partial charge in [0, 0.05) is 17.8 Å². The molecule has 212 valence electrons. The van der Waals surface area contributed by atoms with Crippen molar-refractivity contribution in [3.8, 4) is 11.5 Å². The van der Waals surface area contributed by atoms with E-state index in [2.05, 4.69) is 0 Å². The van der Waals surface area contributed by atoms with Crippen molar-refractivity contribution in [1.29, 1.82) is 0 Å². The molecule has 0 fully saturated rings. The standard InChI is InChI=1S/C30H28N2O9/c1-37-23-14-5-19(6-15-23)7-18-25-31(21-12-16-24(38-2)17-13-21)27(30(34)40-4)26(29(33)39-3)28(41-25)20-8-10-22(11-9-20)32(35)36/h5-18,25,28H,1-4H3/b18-7+/t25-,28-/m0/s1. The number of rotatable bonds is 9. The Morgan fingerprint density at radius 2 is 1.39 bits per heavy atom. The Bertz CT molecular complexity index is 1460. The van der Waals surface area contributed by atoms with Crippen molar-refractivity contribution < 1.29 is 38.2 Å². The van der Waals surface area contributed by atoms with Crippen molar-refractivity contribution in [2.45, 2.75) is 12.3 Å². The number of methoxy groups -OCH3 is 4. The summed E-state index contributed by atoms with van der Waals surface area (Å²) in [5.41, 5.74) is 1.34. The largest absolute Gasteiger partial charge is 0.497 e. The first-order valence-corrected chi connectivity index (χ1v) is 12.4. The van der Waals surface area contributed by atoms with Crippen LogP contribution in [0.5, 0.6) is 11.5 Å². The minimum absolute atomic E-state index is 0.108. The average Bonchev–Trinajstić information content (AvgIpc) is 3.02. The van der Waals surface area contributed by atoms with Crippen LogP contribution in [0.4, 0.5) is 11.4 Å². The van der Waals surface area contributed by atoms with Gasteiger partial charge in [0.2, 0.25) is 0 Å². The molecule has 0 saturated heterocycles. The van der Waals surface area contributed by atoms with Gasteiger partial charge in [-0.15, -0.1) is 0 Å². The Kier molecular flexibility index (Phi) is 9.00. The summed E-state index contributed by atoms with van der Waals surface area (Å²) in [5.74, 6) is -0.366. The summed E-state index contributed by atoms with van der Waals surface area (Å²) in [6.07, 6.45) is 1.46. The zero-order chi connectivity index (χ0) is 29.5. The van der Waals surface area contributed by atoms with Crippen LogP contribution in [-0.4, -0.2) is 51.5 Å². The maximum atomic E-state index is 13.4. The van der Waals surface area contributed by atoms with E-state index in [1.54, 1.807) is 55.7 Å². The second-order valence-corrected chi connectivity index (χ2v) is 8.70. The van der Waals surface area contributed by atoms with Gasteiger partial charge in [0.15, 0.2) is 6.23 Å². The highest BCUT2D eigenvalue weighted by Gasteiger charge is 2.43. The molecular formula is C30H28N2O9. The van der Waals surface area contributed by atoms with Gasteiger partial charge < -0.3 is 28.6 Å². The SMILES string of the molecule is COC(=O)C1=C(C(=O)OC)N(c2ccc(OC)cc2)[C@H](/C=C/c2ccc(OC)cc2)O[C@H]1c1ccc([N+](=O)[O-])cc1. The number of nitro groups is 1. The van der Waals surface area contributed by atoms with E-state index in [1.807, 2.05) is 12.1 Å². The first-order valence-electron chi connectivity index (χ1n) is 12.4. The Balaban J connectivity index is 1.93. The number of esters is 2. The molecule has 0 saturated carbocycles. The maximum absolute atomic E-state index is 13.4. The molecule has 0 aliphatic carbocycles. The van der Waals surface area contributed by atoms with Gasteiger partial charge in [-0.1, -0.05) is 18.2 Å². The third-order valence-electron chi connectivity index (χ3n) is 6.40. The van der Waals surface area contributed by atoms with E-state index in [0.29, 0.717) is 22.7 Å². The highest BCUT2D eigenvalue weighted by Crippen LogP contribution is 2.41. The normalized spacial score (nSPS) is 16.8. The molecule has 4 rings (SSSR count). The number of benzene rings is 3. The molecule has 0 bridgehead atoms. The highest BCUT2D eigenvalue weighted by molar-refractivity contribution is 6.04. The molecule has 0 amide bonds. The number of anilines is 1. The Morgan fingerprint density at radius 1 is 0.829 bits per heavy atom. The lowest BCUT2D eigenvalue weighted by molar-refractivity contribution is -0.384. The minimum atomic E-state index is -1.13. The Labute approximate surface area is 236 Å². The number of nitro benzene ring substituents is 1. The summed E-state index contributed by atoms with van der Waals surface area (Å²) >= 11 is 0. The van der Waals surface area contributed by atoms with Crippen molar-refractivity contribution in [2.75, 3.05) is 33.3 Å². The van der Waals surface area contributed by atoms with Crippen LogP contribution < -0.4 is 14.4 Å². The van der Waals surface area contributed by atoms with E-state index in [1.165, 1.54) is 50.5 Å². The molecule has 0 N–H and O–H groups in total. The topological polar surface area (TPSA) is 127 Å². The van der Waals surface area contributed by atoms with Crippen LogP contribution in [-0.2, 0) is 23.8 Å². The van der Waals surface area contributed by atoms with E-state index in [0.717, 1.165) is 5.56 Å². The molecule has 0 spiro atoms. The Morgan fingerprint density at radius 3 is 1.90 bits per heavy atom. The van der Waals surface area contributed by atoms with Crippen LogP contribution in [0, 0.1) is 10.1 Å². The van der Waals surface area contributed by atoms with E-state index in [9.17, 15) is 19.7 Å². The predicted molar refractivity (Wildman–Crippen MR) is 149 cm³/mol. The summed E-state index contributed by atoms with van der Waals surface area (Å²) in [6, 6.07) is 19.6. The van der Waals surface area contributed by atoms with Gasteiger partial charge in [0.25, 0.3) is 5.69 Å². The van der Waals surface area contributed by atoms with E-state index >= 15 is 0 Å². The second-order valence-electron chi connectivity index (χ2n) is 8.70. The van der Waals surface area contributed by atoms with Crippen molar-refractivity contribution in [2.24, 2.45) is 0 Å². The molecule has 0 unspecified atom stereocenters. The van der Waals surface area contributed by atoms with Gasteiger partial charge in [0.05, 0.1) is 33.4 Å². The Hall–Kier alpha value is -5.16. The second kappa shape index (κ2) is 12.8. The number of ether oxygens (including phenoxy) is 5. The summed E-state index contributed by atoms with van der Waals surface area (Å²) < 4.78 is 27.2. The zero-order valence-corrected chi connectivity index (χ0v) is 22.8. The van der Waals surface area contributed by atoms with Crippen LogP contribution in [0.3, 0.4) is 0 Å². The number of non-ortho nitro benzene ring substituents is 1. The quantitative estimate of drug-likeness (QED) is 0.204. The molecule has 11 nitrogen and oxygen atoms in total. The van der Waals surface area contributed by atoms with Crippen molar-refractivity contribution in [3.05, 3.63) is 111 Å². The van der Waals surface area contributed by atoms with Gasteiger partial charge in [-0.05, 0) is 65.7 Å².